The van der Waals surface area contributed by atoms with Gasteiger partial charge in [-0.15, -0.1) is 4.98 Å². The van der Waals surface area contributed by atoms with Crippen LogP contribution in [0.2, 0.25) is 0 Å². The molecule has 0 bridgehead atoms. The maximum Gasteiger partial charge on any atom is 0.292 e. The third kappa shape index (κ3) is 9.57. The molecule has 2 saturated heterocycles. The summed E-state index contributed by atoms with van der Waals surface area (Å²) in [5.41, 5.74) is 19.8. The van der Waals surface area contributed by atoms with Crippen molar-refractivity contribution in [3.05, 3.63) is 166 Å². The number of nitrogens with one attached hydrogen (secondary N) is 1. The Morgan fingerprint density at radius 3 is 2.00 bits per heavy atom. The second-order valence-corrected chi connectivity index (χ2v) is 17.6. The number of H-pyrrole nitrogens is 1. The summed E-state index contributed by atoms with van der Waals surface area (Å²) in [6, 6.07) is 35.4. The largest absolute Gasteiger partial charge is 0.393 e. The van der Waals surface area contributed by atoms with E-state index in [1.165, 1.54) is 51.7 Å². The molecule has 0 amide bonds. The van der Waals surface area contributed by atoms with Crippen LogP contribution < -0.4 is 15.5 Å². The summed E-state index contributed by atoms with van der Waals surface area (Å²) >= 11 is 4.02. The van der Waals surface area contributed by atoms with Crippen molar-refractivity contribution in [1.82, 2.24) is 19.9 Å². The fourth-order valence-corrected chi connectivity index (χ4v) is 9.66. The Balaban J connectivity index is 0.000000138. The minimum absolute atomic E-state index is 0.107. The highest BCUT2D eigenvalue weighted by Gasteiger charge is 2.23. The number of pyridine rings is 2. The molecule has 4 aliphatic rings. The number of imidazole rings is 1. The van der Waals surface area contributed by atoms with Crippen LogP contribution in [-0.4, -0.2) is 85.5 Å². The number of thioether (sulfide) groups is 2. The number of nitrogens with zero attached hydrogens (tertiary/aromatic N) is 9. The SMILES string of the molecule is Nc1ccc(-c2nc3ccc(N4CCSCC4)cc3[nH]2)cc1[N+](=O)[O-].[C-]#[N+]c1ccccn1.c1ccc(C2=Nc3ccc(C4=Nc5ccc(N6CCSCC6)cc5C4)cc3C2)nc1. The summed E-state index contributed by atoms with van der Waals surface area (Å²) in [4.78, 5) is 44.4. The van der Waals surface area contributed by atoms with Crippen molar-refractivity contribution in [2.75, 3.05) is 64.7 Å². The normalized spacial score (nSPS) is 15.2. The minimum atomic E-state index is -0.478. The number of rotatable bonds is 6. The molecular formula is C48H43N11O2S2. The first-order chi connectivity index (χ1) is 30.9. The summed E-state index contributed by atoms with van der Waals surface area (Å²) in [6.45, 7) is 10.9. The number of fused-ring (bicyclic) bond motifs is 3. The fourth-order valence-electron chi connectivity index (χ4n) is 7.86. The Morgan fingerprint density at radius 2 is 1.33 bits per heavy atom. The van der Waals surface area contributed by atoms with E-state index in [-0.39, 0.29) is 11.4 Å². The van der Waals surface area contributed by atoms with Crippen molar-refractivity contribution in [2.45, 2.75) is 12.8 Å². The average molecular weight is 870 g/mol. The first-order valence-corrected chi connectivity index (χ1v) is 23.0. The smallest absolute Gasteiger partial charge is 0.292 e. The molecule has 4 aliphatic heterocycles. The second kappa shape index (κ2) is 18.9. The monoisotopic (exact) mass is 869 g/mol. The molecule has 0 unspecified atom stereocenters. The molecule has 0 spiro atoms. The van der Waals surface area contributed by atoms with E-state index < -0.39 is 4.92 Å². The number of nitro groups is 1. The van der Waals surface area contributed by atoms with E-state index in [2.05, 4.69) is 83.1 Å². The summed E-state index contributed by atoms with van der Waals surface area (Å²) < 4.78 is 0. The molecule has 13 nitrogen and oxygen atoms in total. The van der Waals surface area contributed by atoms with Gasteiger partial charge in [0.05, 0.1) is 44.4 Å². The topological polar surface area (TPSA) is 159 Å². The van der Waals surface area contributed by atoms with Gasteiger partial charge in [-0.05, 0) is 102 Å². The van der Waals surface area contributed by atoms with Gasteiger partial charge in [0.1, 0.15) is 17.7 Å². The minimum Gasteiger partial charge on any atom is -0.393 e. The van der Waals surface area contributed by atoms with Gasteiger partial charge in [0.15, 0.2) is 0 Å². The van der Waals surface area contributed by atoms with E-state index in [0.717, 1.165) is 90.1 Å². The van der Waals surface area contributed by atoms with Crippen molar-refractivity contribution in [3.63, 3.8) is 0 Å². The molecule has 314 valence electrons. The average Bonchev–Trinajstić information content (AvgIpc) is 4.10. The highest BCUT2D eigenvalue weighted by Crippen LogP contribution is 2.36. The van der Waals surface area contributed by atoms with E-state index in [4.69, 9.17) is 22.3 Å². The molecule has 0 radical (unpaired) electrons. The molecule has 7 aromatic rings. The van der Waals surface area contributed by atoms with Crippen molar-refractivity contribution >= 4 is 85.9 Å². The van der Waals surface area contributed by atoms with Crippen LogP contribution in [0.5, 0.6) is 0 Å². The van der Waals surface area contributed by atoms with Crippen molar-refractivity contribution in [2.24, 2.45) is 9.98 Å². The predicted molar refractivity (Wildman–Crippen MR) is 259 cm³/mol. The molecule has 0 saturated carbocycles. The summed E-state index contributed by atoms with van der Waals surface area (Å²) in [6.07, 6.45) is 5.16. The molecule has 11 rings (SSSR count). The van der Waals surface area contributed by atoms with Crippen LogP contribution in [0.3, 0.4) is 0 Å². The second-order valence-electron chi connectivity index (χ2n) is 15.2. The predicted octanol–water partition coefficient (Wildman–Crippen LogP) is 9.89. The van der Waals surface area contributed by atoms with Crippen LogP contribution in [0.4, 0.5) is 39.9 Å². The van der Waals surface area contributed by atoms with E-state index in [1.54, 1.807) is 30.5 Å². The van der Waals surface area contributed by atoms with Crippen LogP contribution in [-0.2, 0) is 12.8 Å². The lowest BCUT2D eigenvalue weighted by molar-refractivity contribution is -0.383. The molecule has 0 atom stereocenters. The Bertz CT molecular complexity index is 2880. The zero-order chi connectivity index (χ0) is 43.1. The first kappa shape index (κ1) is 41.3. The van der Waals surface area contributed by atoms with E-state index in [0.29, 0.717) is 17.2 Å². The number of aromatic amines is 1. The maximum absolute atomic E-state index is 11.1. The zero-order valence-corrected chi connectivity index (χ0v) is 36.0. The van der Waals surface area contributed by atoms with Gasteiger partial charge >= 0.3 is 0 Å². The lowest BCUT2D eigenvalue weighted by atomic mass is 9.99. The molecule has 7 heterocycles. The third-order valence-electron chi connectivity index (χ3n) is 11.1. The number of nitro benzene ring substituents is 1. The quantitative estimate of drug-likeness (QED) is 0.0713. The Morgan fingerprint density at radius 1 is 0.698 bits per heavy atom. The van der Waals surface area contributed by atoms with Gasteiger partial charge in [0, 0.05) is 91.2 Å². The molecule has 3 aromatic heterocycles. The standard InChI is InChI=1S/C25H22N4S.C17H17N5O2S.C6H4N2/c1-2-8-26-23(3-1)25-16-18-13-17(4-6-21(18)28-25)24-15-19-14-20(5-7-22(19)27-24)29-9-11-30-12-10-29;18-13-3-1-11(9-16(13)22(23)24)17-19-14-4-2-12(10-15(14)20-17)21-5-7-25-8-6-21;1-7-6-4-2-3-5-8-6/h1-8,13-14H,9-12,15-16H2;1-4,9-10H,5-8,18H2,(H,19,20);2-5H. The Kier molecular flexibility index (Phi) is 12.4. The van der Waals surface area contributed by atoms with E-state index in [1.807, 2.05) is 54.0 Å². The van der Waals surface area contributed by atoms with Gasteiger partial charge in [0.25, 0.3) is 11.5 Å². The molecule has 63 heavy (non-hydrogen) atoms. The molecule has 15 heteroatoms. The molecule has 4 aromatic carbocycles. The highest BCUT2D eigenvalue weighted by molar-refractivity contribution is 7.99. The van der Waals surface area contributed by atoms with Gasteiger partial charge in [0.2, 0.25) is 0 Å². The number of benzene rings is 4. The van der Waals surface area contributed by atoms with Gasteiger partial charge in [-0.25, -0.2) is 4.98 Å². The number of hydrogen-bond acceptors (Lipinski definition) is 12. The van der Waals surface area contributed by atoms with Crippen LogP contribution in [0.1, 0.15) is 22.4 Å². The van der Waals surface area contributed by atoms with Crippen molar-refractivity contribution in [1.29, 1.82) is 0 Å². The molecular weight excluding hydrogens is 827 g/mol. The van der Waals surface area contributed by atoms with E-state index in [9.17, 15) is 10.1 Å². The van der Waals surface area contributed by atoms with E-state index >= 15 is 0 Å². The molecule has 2 fully saturated rings. The third-order valence-corrected chi connectivity index (χ3v) is 13.0. The van der Waals surface area contributed by atoms with Gasteiger partial charge in [-0.2, -0.15) is 23.5 Å². The number of aromatic nitrogens is 4. The van der Waals surface area contributed by atoms with Gasteiger partial charge in [-0.1, -0.05) is 24.8 Å². The number of nitrogens with two attached hydrogens (primary N) is 1. The summed E-state index contributed by atoms with van der Waals surface area (Å²) in [7, 11) is 0. The number of nitrogen functional groups attached to an aromatic ring is 1. The lowest BCUT2D eigenvalue weighted by Gasteiger charge is -2.28. The highest BCUT2D eigenvalue weighted by atomic mass is 32.2. The Labute approximate surface area is 373 Å². The summed E-state index contributed by atoms with van der Waals surface area (Å²) in [5.74, 6) is 5.77. The summed E-state index contributed by atoms with van der Waals surface area (Å²) in [5, 5.41) is 11.1. The number of anilines is 3. The van der Waals surface area contributed by atoms with Gasteiger partial charge < -0.3 is 25.4 Å². The first-order valence-electron chi connectivity index (χ1n) is 20.7. The van der Waals surface area contributed by atoms with Crippen LogP contribution in [0, 0.1) is 16.7 Å². The van der Waals surface area contributed by atoms with Crippen molar-refractivity contribution in [3.8, 4) is 11.4 Å². The fraction of sp³-hybridized carbons (Fsp3) is 0.208. The van der Waals surface area contributed by atoms with Crippen LogP contribution >= 0.6 is 23.5 Å². The Hall–Kier alpha value is -7.02. The lowest BCUT2D eigenvalue weighted by Crippen LogP contribution is -2.32. The van der Waals surface area contributed by atoms with Crippen molar-refractivity contribution < 1.29 is 4.92 Å². The molecule has 3 N–H and O–H groups in total. The number of hydrogen-bond donors (Lipinski definition) is 2. The van der Waals surface area contributed by atoms with Crippen LogP contribution in [0.25, 0.3) is 27.3 Å². The maximum atomic E-state index is 11.1. The number of aliphatic imine (C=N–C) groups is 2. The van der Waals surface area contributed by atoms with Crippen LogP contribution in [0.15, 0.2) is 132 Å². The molecule has 0 aliphatic carbocycles. The zero-order valence-electron chi connectivity index (χ0n) is 34.4. The van der Waals surface area contributed by atoms with Gasteiger partial charge in [-0.3, -0.25) is 25.1 Å².